The summed E-state index contributed by atoms with van der Waals surface area (Å²) in [6, 6.07) is 21.5. The van der Waals surface area contributed by atoms with Crippen molar-refractivity contribution in [3.63, 3.8) is 0 Å². The molecule has 0 radical (unpaired) electrons. The average molecular weight is 524 g/mol. The van der Waals surface area contributed by atoms with Gasteiger partial charge in [0.05, 0.1) is 16.0 Å². The van der Waals surface area contributed by atoms with Crippen molar-refractivity contribution in [3.05, 3.63) is 85.1 Å². The Morgan fingerprint density at radius 3 is 2.03 bits per heavy atom. The van der Waals surface area contributed by atoms with E-state index in [0.29, 0.717) is 30.3 Å². The fraction of sp³-hybridized carbons (Fsp3) is 0.192. The summed E-state index contributed by atoms with van der Waals surface area (Å²) < 4.78 is 61.2. The van der Waals surface area contributed by atoms with Gasteiger partial charge in [0.25, 0.3) is 10.0 Å². The van der Waals surface area contributed by atoms with Crippen LogP contribution in [0.5, 0.6) is 0 Å². The molecule has 0 amide bonds. The van der Waals surface area contributed by atoms with Crippen LogP contribution in [0.25, 0.3) is 22.8 Å². The Morgan fingerprint density at radius 2 is 1.36 bits per heavy atom. The van der Waals surface area contributed by atoms with Crippen LogP contribution in [-0.4, -0.2) is 39.2 Å². The molecule has 4 aromatic rings. The van der Waals surface area contributed by atoms with E-state index in [-0.39, 0.29) is 15.5 Å². The number of hydrogen-bond donors (Lipinski definition) is 1. The van der Waals surface area contributed by atoms with Crippen molar-refractivity contribution in [2.45, 2.75) is 29.1 Å². The van der Waals surface area contributed by atoms with Crippen LogP contribution in [0.3, 0.4) is 0 Å². The summed E-state index contributed by atoms with van der Waals surface area (Å²) in [6.07, 6.45) is 4.35. The smallest absolute Gasteiger partial charge is 0.261 e. The van der Waals surface area contributed by atoms with Crippen LogP contribution in [0.1, 0.15) is 19.3 Å². The number of nitrogens with one attached hydrogen (secondary N) is 1. The third-order valence-electron chi connectivity index (χ3n) is 6.03. The predicted molar refractivity (Wildman–Crippen MR) is 137 cm³/mol. The highest BCUT2D eigenvalue weighted by Crippen LogP contribution is 2.27. The Kier molecular flexibility index (Phi) is 6.65. The van der Waals surface area contributed by atoms with Crippen LogP contribution >= 0.6 is 0 Å². The maximum Gasteiger partial charge on any atom is 0.261 e. The second-order valence-electron chi connectivity index (χ2n) is 8.51. The molecule has 36 heavy (non-hydrogen) atoms. The summed E-state index contributed by atoms with van der Waals surface area (Å²) in [5.74, 6) is 1.01. The van der Waals surface area contributed by atoms with Gasteiger partial charge in [-0.25, -0.2) is 21.8 Å². The molecule has 1 saturated heterocycles. The number of sulfonamides is 2. The lowest BCUT2D eigenvalue weighted by Gasteiger charge is -2.25. The second kappa shape index (κ2) is 9.88. The lowest BCUT2D eigenvalue weighted by Crippen LogP contribution is -2.35. The first-order valence-electron chi connectivity index (χ1n) is 11.6. The highest BCUT2D eigenvalue weighted by atomic mass is 32.2. The van der Waals surface area contributed by atoms with E-state index < -0.39 is 20.0 Å². The summed E-state index contributed by atoms with van der Waals surface area (Å²) in [4.78, 5) is 4.51. The molecule has 1 aromatic heterocycles. The number of hydrogen-bond acceptors (Lipinski definition) is 6. The minimum atomic E-state index is -3.88. The van der Waals surface area contributed by atoms with Gasteiger partial charge in [0.15, 0.2) is 5.76 Å². The summed E-state index contributed by atoms with van der Waals surface area (Å²) in [6.45, 7) is 1.02. The van der Waals surface area contributed by atoms with Crippen molar-refractivity contribution in [2.75, 3.05) is 17.8 Å². The van der Waals surface area contributed by atoms with Gasteiger partial charge in [-0.1, -0.05) is 36.8 Å². The Labute approximate surface area is 210 Å². The van der Waals surface area contributed by atoms with Crippen LogP contribution in [-0.2, 0) is 20.0 Å². The minimum absolute atomic E-state index is 0.0612. The maximum absolute atomic E-state index is 12.9. The fourth-order valence-electron chi connectivity index (χ4n) is 4.08. The predicted octanol–water partition coefficient (Wildman–Crippen LogP) is 4.98. The molecule has 0 unspecified atom stereocenters. The Morgan fingerprint density at radius 1 is 0.722 bits per heavy atom. The third kappa shape index (κ3) is 5.06. The molecule has 1 aliphatic heterocycles. The van der Waals surface area contributed by atoms with Gasteiger partial charge >= 0.3 is 0 Å². The van der Waals surface area contributed by atoms with E-state index in [2.05, 4.69) is 9.71 Å². The zero-order valence-electron chi connectivity index (χ0n) is 19.4. The number of piperidine rings is 1. The van der Waals surface area contributed by atoms with E-state index >= 15 is 0 Å². The van der Waals surface area contributed by atoms with Gasteiger partial charge in [-0.3, -0.25) is 4.72 Å². The molecule has 10 heteroatoms. The van der Waals surface area contributed by atoms with E-state index in [9.17, 15) is 16.8 Å². The van der Waals surface area contributed by atoms with Crippen LogP contribution in [0.2, 0.25) is 0 Å². The van der Waals surface area contributed by atoms with Crippen LogP contribution < -0.4 is 4.72 Å². The molecular formula is C26H25N3O5S2. The molecule has 8 nitrogen and oxygen atoms in total. The average Bonchev–Trinajstić information content (AvgIpc) is 3.40. The maximum atomic E-state index is 12.9. The quantitative estimate of drug-likeness (QED) is 0.366. The number of aromatic nitrogens is 1. The Balaban J connectivity index is 1.29. The Hall–Kier alpha value is -3.47. The SMILES string of the molecule is O=S(=O)(Nc1ccc(S(=O)(=O)N2CCCCC2)cc1)c1ccc(-c2ncc(-c3ccccc3)o2)cc1. The van der Waals surface area contributed by atoms with Crippen molar-refractivity contribution in [1.82, 2.24) is 9.29 Å². The number of nitrogens with zero attached hydrogens (tertiary/aromatic N) is 2. The van der Waals surface area contributed by atoms with Crippen molar-refractivity contribution in [2.24, 2.45) is 0 Å². The van der Waals surface area contributed by atoms with E-state index in [1.807, 2.05) is 30.3 Å². The fourth-order valence-corrected chi connectivity index (χ4v) is 6.66. The second-order valence-corrected chi connectivity index (χ2v) is 12.1. The zero-order chi connectivity index (χ0) is 25.2. The zero-order valence-corrected chi connectivity index (χ0v) is 21.0. The summed E-state index contributed by atoms with van der Waals surface area (Å²) in [5.41, 5.74) is 1.81. The molecule has 0 aliphatic carbocycles. The van der Waals surface area contributed by atoms with E-state index in [1.165, 1.54) is 40.7 Å². The van der Waals surface area contributed by atoms with Crippen LogP contribution in [0, 0.1) is 0 Å². The lowest BCUT2D eigenvalue weighted by atomic mass is 10.2. The molecular weight excluding hydrogens is 498 g/mol. The van der Waals surface area contributed by atoms with Crippen LogP contribution in [0.15, 0.2) is 99.3 Å². The number of benzene rings is 3. The first-order valence-corrected chi connectivity index (χ1v) is 14.5. The first kappa shape index (κ1) is 24.2. The van der Waals surface area contributed by atoms with E-state index in [4.69, 9.17) is 4.42 Å². The molecule has 1 N–H and O–H groups in total. The molecule has 1 fully saturated rings. The standard InChI is InChI=1S/C26H25N3O5S2/c30-35(31,28-22-11-15-24(16-12-22)36(32,33)29-17-5-2-6-18-29)23-13-9-21(10-14-23)26-27-19-25(34-26)20-7-3-1-4-8-20/h1,3-4,7-16,19,28H,2,5-6,17-18H2. The Bertz CT molecular complexity index is 1540. The van der Waals surface area contributed by atoms with Crippen molar-refractivity contribution >= 4 is 25.7 Å². The normalized spacial score (nSPS) is 15.0. The van der Waals surface area contributed by atoms with E-state index in [1.54, 1.807) is 18.3 Å². The monoisotopic (exact) mass is 523 g/mol. The van der Waals surface area contributed by atoms with Gasteiger partial charge < -0.3 is 4.42 Å². The van der Waals surface area contributed by atoms with Crippen molar-refractivity contribution < 1.29 is 21.3 Å². The summed E-state index contributed by atoms with van der Waals surface area (Å²) >= 11 is 0. The van der Waals surface area contributed by atoms with Gasteiger partial charge in [-0.15, -0.1) is 0 Å². The number of oxazole rings is 1. The highest BCUT2D eigenvalue weighted by molar-refractivity contribution is 7.92. The van der Waals surface area contributed by atoms with E-state index in [0.717, 1.165) is 24.8 Å². The molecule has 186 valence electrons. The van der Waals surface area contributed by atoms with Crippen molar-refractivity contribution in [3.8, 4) is 22.8 Å². The van der Waals surface area contributed by atoms with Gasteiger partial charge in [-0.05, 0) is 61.4 Å². The van der Waals surface area contributed by atoms with Gasteiger partial charge in [-0.2, -0.15) is 4.31 Å². The lowest BCUT2D eigenvalue weighted by molar-refractivity contribution is 0.346. The molecule has 3 aromatic carbocycles. The van der Waals surface area contributed by atoms with Gasteiger partial charge in [0.1, 0.15) is 0 Å². The number of rotatable bonds is 7. The third-order valence-corrected chi connectivity index (χ3v) is 9.34. The molecule has 5 rings (SSSR count). The summed E-state index contributed by atoms with van der Waals surface area (Å²) in [5, 5.41) is 0. The minimum Gasteiger partial charge on any atom is -0.436 e. The van der Waals surface area contributed by atoms with Gasteiger partial charge in [0, 0.05) is 29.9 Å². The molecule has 1 aliphatic rings. The summed E-state index contributed by atoms with van der Waals surface area (Å²) in [7, 11) is -7.46. The largest absolute Gasteiger partial charge is 0.436 e. The van der Waals surface area contributed by atoms with Gasteiger partial charge in [0.2, 0.25) is 15.9 Å². The highest BCUT2D eigenvalue weighted by Gasteiger charge is 2.26. The molecule has 0 atom stereocenters. The molecule has 2 heterocycles. The number of anilines is 1. The first-order chi connectivity index (χ1) is 17.3. The van der Waals surface area contributed by atoms with Crippen LogP contribution in [0.4, 0.5) is 5.69 Å². The molecule has 0 bridgehead atoms. The molecule has 0 saturated carbocycles. The topological polar surface area (TPSA) is 110 Å². The molecule has 0 spiro atoms. The van der Waals surface area contributed by atoms with Crippen molar-refractivity contribution in [1.29, 1.82) is 0 Å².